The molecule has 2 aliphatic heterocycles. The van der Waals surface area contributed by atoms with E-state index in [9.17, 15) is 53.1 Å². The first-order valence-electron chi connectivity index (χ1n) is 26.4. The van der Waals surface area contributed by atoms with Gasteiger partial charge in [-0.05, 0) is 61.3 Å². The van der Waals surface area contributed by atoms with Crippen molar-refractivity contribution in [1.82, 2.24) is 42.1 Å². The van der Waals surface area contributed by atoms with Crippen LogP contribution >= 0.6 is 21.6 Å². The van der Waals surface area contributed by atoms with Crippen molar-refractivity contribution in [2.45, 2.75) is 139 Å². The maximum absolute atomic E-state index is 14.7. The molecule has 7 atom stereocenters. The second-order valence-electron chi connectivity index (χ2n) is 19.6. The molecule has 0 aromatic heterocycles. The molecule has 5 rings (SSSR count). The molecule has 0 bridgehead atoms. The fourth-order valence-corrected chi connectivity index (χ4v) is 11.4. The summed E-state index contributed by atoms with van der Waals surface area (Å²) in [6.07, 6.45) is 4.39. The van der Waals surface area contributed by atoms with Crippen LogP contribution in [0.4, 0.5) is 0 Å². The molecule has 3 fully saturated rings. The van der Waals surface area contributed by atoms with Crippen LogP contribution < -0.4 is 60.2 Å². The number of carboxylic acid groups (broad SMARTS) is 1. The Morgan fingerprint density at radius 3 is 1.94 bits per heavy atom. The normalized spacial score (nSPS) is 22.2. The van der Waals surface area contributed by atoms with Gasteiger partial charge >= 0.3 is 0 Å². The van der Waals surface area contributed by atoms with Crippen molar-refractivity contribution in [2.75, 3.05) is 31.1 Å². The largest absolute Gasteiger partial charge is 0.508 e. The van der Waals surface area contributed by atoms with E-state index in [-0.39, 0.29) is 87.2 Å². The number of aromatic hydroxyl groups is 1. The van der Waals surface area contributed by atoms with Gasteiger partial charge in [0.2, 0.25) is 59.1 Å². The van der Waals surface area contributed by atoms with E-state index in [1.807, 2.05) is 0 Å². The number of likely N-dealkylation sites (tertiary alicyclic amines) is 1. The molecular weight excluding hydrogens is 1080 g/mol. The van der Waals surface area contributed by atoms with Crippen molar-refractivity contribution in [3.63, 3.8) is 0 Å². The van der Waals surface area contributed by atoms with Crippen molar-refractivity contribution in [2.24, 2.45) is 33.8 Å². The van der Waals surface area contributed by atoms with Crippen LogP contribution in [0.15, 0.2) is 59.6 Å². The summed E-state index contributed by atoms with van der Waals surface area (Å²) in [5.41, 5.74) is 23.0. The maximum atomic E-state index is 14.7. The minimum atomic E-state index is -1.64. The predicted molar refractivity (Wildman–Crippen MR) is 298 cm³/mol. The number of nitrogens with one attached hydrogen (secondary N) is 7. The summed E-state index contributed by atoms with van der Waals surface area (Å²) in [7, 11) is 2.29. The van der Waals surface area contributed by atoms with Crippen LogP contribution in [0.25, 0.3) is 0 Å². The number of rotatable bonds is 18. The van der Waals surface area contributed by atoms with E-state index in [1.165, 1.54) is 27.8 Å². The number of aliphatic carboxylic acids is 1. The number of carbonyl (C=O) groups is 11. The van der Waals surface area contributed by atoms with E-state index in [0.717, 1.165) is 49.8 Å². The number of phenolic OH excluding ortho intramolecular Hbond substituents is 1. The number of hydrogen-bond donors (Lipinski definition) is 13. The van der Waals surface area contributed by atoms with Crippen LogP contribution in [0.2, 0.25) is 0 Å². The molecule has 10 amide bonds. The van der Waals surface area contributed by atoms with Gasteiger partial charge in [-0.25, -0.2) is 0 Å². The Bertz CT molecular complexity index is 2500. The molecule has 0 spiro atoms. The number of carbonyl (C=O) groups excluding carboxylic acids is 10. The topological polar surface area (TPSA) is 432 Å². The van der Waals surface area contributed by atoms with Gasteiger partial charge in [-0.2, -0.15) is 0 Å². The molecule has 438 valence electrons. The van der Waals surface area contributed by atoms with Gasteiger partial charge in [0.25, 0.3) is 5.97 Å². The Balaban J connectivity index is 0.00000333. The fourth-order valence-electron chi connectivity index (χ4n) is 9.22. The van der Waals surface area contributed by atoms with Crippen molar-refractivity contribution in [1.29, 1.82) is 0 Å². The number of aliphatic imine (C=N–C) groups is 1. The summed E-state index contributed by atoms with van der Waals surface area (Å²) in [4.78, 5) is 152. The van der Waals surface area contributed by atoms with Gasteiger partial charge in [-0.1, -0.05) is 96.2 Å². The Morgan fingerprint density at radius 2 is 1.31 bits per heavy atom. The molecule has 0 radical (unpaired) electrons. The Morgan fingerprint density at radius 1 is 0.725 bits per heavy atom. The molecule has 2 saturated heterocycles. The third-order valence-corrected chi connectivity index (χ3v) is 15.5. The quantitative estimate of drug-likeness (QED) is 0.0348. The van der Waals surface area contributed by atoms with E-state index < -0.39 is 120 Å². The minimum absolute atomic E-state index is 0.00755. The predicted octanol–water partition coefficient (Wildman–Crippen LogP) is -1.55. The van der Waals surface area contributed by atoms with Crippen molar-refractivity contribution in [3.05, 3.63) is 65.7 Å². The van der Waals surface area contributed by atoms with Crippen molar-refractivity contribution in [3.8, 4) is 5.75 Å². The maximum Gasteiger partial charge on any atom is 0.300 e. The zero-order valence-corrected chi connectivity index (χ0v) is 46.3. The van der Waals surface area contributed by atoms with E-state index in [1.54, 1.807) is 42.5 Å². The number of nitrogens with zero attached hydrogens (tertiary/aromatic N) is 2. The highest BCUT2D eigenvalue weighted by atomic mass is 33.1. The number of guanidine groups is 1. The number of benzene rings is 2. The molecule has 3 aliphatic rings. The van der Waals surface area contributed by atoms with Crippen molar-refractivity contribution < 1.29 is 63.0 Å². The van der Waals surface area contributed by atoms with Gasteiger partial charge in [0.1, 0.15) is 48.0 Å². The first-order valence-corrected chi connectivity index (χ1v) is 28.9. The smallest absolute Gasteiger partial charge is 0.300 e. The molecule has 2 heterocycles. The molecule has 1 aliphatic carbocycles. The lowest BCUT2D eigenvalue weighted by Crippen LogP contribution is -2.61. The average molecular weight is 1150 g/mol. The van der Waals surface area contributed by atoms with Crippen LogP contribution in [0.1, 0.15) is 95.1 Å². The summed E-state index contributed by atoms with van der Waals surface area (Å²) in [6.45, 7) is 0.767. The molecule has 17 N–H and O–H groups in total. The van der Waals surface area contributed by atoms with Gasteiger partial charge in [-0.15, -0.1) is 0 Å². The molecule has 28 heteroatoms. The van der Waals surface area contributed by atoms with E-state index >= 15 is 0 Å². The monoisotopic (exact) mass is 1150 g/mol. The van der Waals surface area contributed by atoms with E-state index in [0.29, 0.717) is 17.5 Å². The van der Waals surface area contributed by atoms with E-state index in [4.69, 9.17) is 32.8 Å². The molecule has 2 aromatic carbocycles. The van der Waals surface area contributed by atoms with Crippen LogP contribution in [0.5, 0.6) is 5.75 Å². The lowest BCUT2D eigenvalue weighted by molar-refractivity contribution is -0.142. The van der Waals surface area contributed by atoms with Gasteiger partial charge in [-0.3, -0.25) is 57.7 Å². The zero-order valence-electron chi connectivity index (χ0n) is 44.7. The minimum Gasteiger partial charge on any atom is -0.508 e. The first kappa shape index (κ1) is 64.9. The highest BCUT2D eigenvalue weighted by Crippen LogP contribution is 2.29. The second-order valence-corrected chi connectivity index (χ2v) is 22.2. The number of carboxylic acids is 1. The van der Waals surface area contributed by atoms with Crippen LogP contribution in [0, 0.1) is 5.92 Å². The highest BCUT2D eigenvalue weighted by molar-refractivity contribution is 8.76. The molecule has 2 aromatic rings. The molecule has 80 heavy (non-hydrogen) atoms. The third-order valence-electron chi connectivity index (χ3n) is 13.1. The lowest BCUT2D eigenvalue weighted by Gasteiger charge is -2.31. The molecule has 7 unspecified atom stereocenters. The van der Waals surface area contributed by atoms with Gasteiger partial charge in [0.15, 0.2) is 5.96 Å². The highest BCUT2D eigenvalue weighted by Gasteiger charge is 2.41. The molecule has 1 saturated carbocycles. The van der Waals surface area contributed by atoms with E-state index in [2.05, 4.69) is 42.2 Å². The molecule has 26 nitrogen and oxygen atoms in total. The van der Waals surface area contributed by atoms with Gasteiger partial charge < -0.3 is 75.3 Å². The summed E-state index contributed by atoms with van der Waals surface area (Å²) in [5.74, 6) is -8.68. The fraction of sp³-hybridized carbons (Fsp3) is 0.538. The van der Waals surface area contributed by atoms with Crippen LogP contribution in [0.3, 0.4) is 0 Å². The lowest BCUT2D eigenvalue weighted by atomic mass is 9.84. The average Bonchev–Trinajstić information content (AvgIpc) is 3.91. The molecular formula is C52H75N13O13S2. The van der Waals surface area contributed by atoms with Crippen LogP contribution in [-0.2, 0) is 65.6 Å². The SMILES string of the molecule is CC(=O)O.NC(=O)CNC(=O)C(CCCN=C(N)N)NC(=O)C1CCCN1C(=O)C1CSSCCC(=O)NC(Cc2ccc(O)cc2)C(=O)NC(Cc2ccccc2)C(=O)NC(CC2CCCCC2)C(=O)NC(CC(N)=O)C(=O)N1. The zero-order chi connectivity index (χ0) is 58.7. The Kier molecular flexibility index (Phi) is 27.4. The van der Waals surface area contributed by atoms with Gasteiger partial charge in [0, 0.05) is 50.8 Å². The summed E-state index contributed by atoms with van der Waals surface area (Å²) in [5, 5.41) is 36.2. The summed E-state index contributed by atoms with van der Waals surface area (Å²) in [6, 6.07) is 5.83. The van der Waals surface area contributed by atoms with Crippen LogP contribution in [-0.4, -0.2) is 160 Å². The summed E-state index contributed by atoms with van der Waals surface area (Å²) < 4.78 is 0. The Hall–Kier alpha value is -7.62. The number of nitrogens with two attached hydrogens (primary N) is 4. The summed E-state index contributed by atoms with van der Waals surface area (Å²) >= 11 is 0. The number of amides is 10. The second kappa shape index (κ2) is 33.7. The number of hydrogen-bond acceptors (Lipinski definition) is 15. The Labute approximate surface area is 471 Å². The standard InChI is InChI=1S/C50H71N13O11S2.C2H4O2/c51-40(65)26-37-47(72)62-38(49(74)63-21-8-14-39(63)48(73)58-33(13-7-20-55-50(53)54)43(68)56-27-41(52)66)28-76-75-22-19-42(67)57-34(25-31-15-17-32(64)18-16-31)44(69)59-35(23-29-9-3-1-4-10-29)45(70)60-36(46(71)61-37)24-30-11-5-2-6-12-30;1-2(3)4/h1,3-4,9-10,15-18,30,33-39,64H,2,5-8,11-14,19-28H2,(H2,51,65)(H2,52,66)(H,56,68)(H,57,67)(H,58,73)(H,59,69)(H,60,70)(H,61,71)(H,62,72)(H4,53,54,55);1H3,(H,3,4). The number of phenols is 1. The first-order chi connectivity index (χ1) is 38.1. The van der Waals surface area contributed by atoms with Crippen molar-refractivity contribution >= 4 is 92.6 Å². The van der Waals surface area contributed by atoms with Gasteiger partial charge in [0.05, 0.1) is 13.0 Å². The number of primary amides is 2. The third kappa shape index (κ3) is 23.4.